The molecule has 0 saturated carbocycles. The number of benzene rings is 1. The van der Waals surface area contributed by atoms with Crippen molar-refractivity contribution in [1.29, 1.82) is 0 Å². The van der Waals surface area contributed by atoms with E-state index >= 15 is 0 Å². The molecule has 2 unspecified atom stereocenters. The second kappa shape index (κ2) is 6.01. The van der Waals surface area contributed by atoms with Crippen LogP contribution < -0.4 is 0 Å². The molecule has 2 atom stereocenters. The molecule has 1 aliphatic rings. The number of methoxy groups -OCH3 is 1. The van der Waals surface area contributed by atoms with Crippen molar-refractivity contribution in [3.63, 3.8) is 0 Å². The van der Waals surface area contributed by atoms with Gasteiger partial charge in [-0.15, -0.1) is 0 Å². The van der Waals surface area contributed by atoms with Gasteiger partial charge in [0.1, 0.15) is 5.82 Å². The normalized spacial score (nSPS) is 23.6. The van der Waals surface area contributed by atoms with Gasteiger partial charge in [-0.2, -0.15) is 0 Å². The van der Waals surface area contributed by atoms with E-state index in [-0.39, 0.29) is 23.6 Å². The predicted octanol–water partition coefficient (Wildman–Crippen LogP) is 2.83. The standard InChI is InChI=1S/C14H17BrFNO2/c1-9-6-17(8-13(9)14(18)19-2)7-10-3-11(15)5-12(16)4-10/h3-5,9,13H,6-8H2,1-2H3. The molecule has 2 rings (SSSR count). The van der Waals surface area contributed by atoms with Crippen LogP contribution in [0.5, 0.6) is 0 Å². The molecule has 1 saturated heterocycles. The van der Waals surface area contributed by atoms with E-state index in [1.807, 2.05) is 13.0 Å². The third-order valence-corrected chi connectivity index (χ3v) is 3.98. The third kappa shape index (κ3) is 3.54. The molecule has 0 spiro atoms. The van der Waals surface area contributed by atoms with Crippen molar-refractivity contribution < 1.29 is 13.9 Å². The summed E-state index contributed by atoms with van der Waals surface area (Å²) in [5.74, 6) is -0.219. The van der Waals surface area contributed by atoms with Crippen LogP contribution >= 0.6 is 15.9 Å². The zero-order chi connectivity index (χ0) is 14.0. The van der Waals surface area contributed by atoms with Crippen LogP contribution in [0.2, 0.25) is 0 Å². The average molecular weight is 330 g/mol. The molecule has 5 heteroatoms. The number of carbonyl (C=O) groups is 1. The molecule has 0 N–H and O–H groups in total. The maximum Gasteiger partial charge on any atom is 0.310 e. The average Bonchev–Trinajstić information content (AvgIpc) is 2.68. The number of hydrogen-bond acceptors (Lipinski definition) is 3. The summed E-state index contributed by atoms with van der Waals surface area (Å²) in [4.78, 5) is 13.8. The highest BCUT2D eigenvalue weighted by molar-refractivity contribution is 9.10. The summed E-state index contributed by atoms with van der Waals surface area (Å²) in [6.07, 6.45) is 0. The maximum absolute atomic E-state index is 13.3. The van der Waals surface area contributed by atoms with Crippen molar-refractivity contribution in [1.82, 2.24) is 4.90 Å². The van der Waals surface area contributed by atoms with Crippen LogP contribution in [0.1, 0.15) is 12.5 Å². The molecule has 0 amide bonds. The van der Waals surface area contributed by atoms with Gasteiger partial charge in [0.2, 0.25) is 0 Å². The summed E-state index contributed by atoms with van der Waals surface area (Å²) >= 11 is 3.29. The molecule has 1 fully saturated rings. The minimum atomic E-state index is -0.249. The molecule has 1 heterocycles. The van der Waals surface area contributed by atoms with Gasteiger partial charge in [0.15, 0.2) is 0 Å². The Hall–Kier alpha value is -0.940. The predicted molar refractivity (Wildman–Crippen MR) is 74.0 cm³/mol. The fraction of sp³-hybridized carbons (Fsp3) is 0.500. The zero-order valence-electron chi connectivity index (χ0n) is 11.0. The summed E-state index contributed by atoms with van der Waals surface area (Å²) in [6, 6.07) is 4.87. The van der Waals surface area contributed by atoms with E-state index in [0.717, 1.165) is 16.6 Å². The molecule has 0 radical (unpaired) electrons. The minimum absolute atomic E-state index is 0.0815. The summed E-state index contributed by atoms with van der Waals surface area (Å²) in [5, 5.41) is 0. The minimum Gasteiger partial charge on any atom is -0.469 e. The van der Waals surface area contributed by atoms with Crippen molar-refractivity contribution in [3.05, 3.63) is 34.1 Å². The number of halogens is 2. The van der Waals surface area contributed by atoms with Crippen LogP contribution in [-0.2, 0) is 16.1 Å². The summed E-state index contributed by atoms with van der Waals surface area (Å²) in [5.41, 5.74) is 0.907. The molecule has 1 aliphatic heterocycles. The van der Waals surface area contributed by atoms with Crippen LogP contribution in [0.15, 0.2) is 22.7 Å². The van der Waals surface area contributed by atoms with Crippen LogP contribution in [0.4, 0.5) is 4.39 Å². The Morgan fingerprint density at radius 3 is 2.84 bits per heavy atom. The Kier molecular flexibility index (Phi) is 4.58. The van der Waals surface area contributed by atoms with Crippen molar-refractivity contribution >= 4 is 21.9 Å². The molecular formula is C14H17BrFNO2. The van der Waals surface area contributed by atoms with Gasteiger partial charge in [-0.3, -0.25) is 9.69 Å². The fourth-order valence-electron chi connectivity index (χ4n) is 2.61. The van der Waals surface area contributed by atoms with Gasteiger partial charge >= 0.3 is 5.97 Å². The first-order valence-corrected chi connectivity index (χ1v) is 7.04. The van der Waals surface area contributed by atoms with E-state index in [1.54, 1.807) is 0 Å². The van der Waals surface area contributed by atoms with Gasteiger partial charge < -0.3 is 4.74 Å². The quantitative estimate of drug-likeness (QED) is 0.798. The summed E-state index contributed by atoms with van der Waals surface area (Å²) < 4.78 is 18.9. The van der Waals surface area contributed by atoms with Gasteiger partial charge in [-0.25, -0.2) is 4.39 Å². The smallest absolute Gasteiger partial charge is 0.310 e. The highest BCUT2D eigenvalue weighted by atomic mass is 79.9. The SMILES string of the molecule is COC(=O)C1CN(Cc2cc(F)cc(Br)c2)CC1C. The molecular weight excluding hydrogens is 313 g/mol. The fourth-order valence-corrected chi connectivity index (χ4v) is 3.13. The van der Waals surface area contributed by atoms with Gasteiger partial charge in [-0.05, 0) is 29.7 Å². The Morgan fingerprint density at radius 2 is 2.21 bits per heavy atom. The van der Waals surface area contributed by atoms with E-state index in [2.05, 4.69) is 20.8 Å². The summed E-state index contributed by atoms with van der Waals surface area (Å²) in [7, 11) is 1.42. The lowest BCUT2D eigenvalue weighted by atomic mass is 9.99. The summed E-state index contributed by atoms with van der Waals surface area (Å²) in [6.45, 7) is 4.19. The zero-order valence-corrected chi connectivity index (χ0v) is 12.6. The maximum atomic E-state index is 13.3. The Labute approximate surface area is 120 Å². The van der Waals surface area contributed by atoms with Crippen LogP contribution in [0.3, 0.4) is 0 Å². The van der Waals surface area contributed by atoms with Crippen LogP contribution in [-0.4, -0.2) is 31.1 Å². The Bertz CT molecular complexity index is 460. The van der Waals surface area contributed by atoms with Crippen molar-refractivity contribution in [2.24, 2.45) is 11.8 Å². The van der Waals surface area contributed by atoms with E-state index < -0.39 is 0 Å². The first-order chi connectivity index (χ1) is 8.99. The molecule has 1 aromatic carbocycles. The van der Waals surface area contributed by atoms with E-state index in [0.29, 0.717) is 13.1 Å². The number of esters is 1. The molecule has 0 aliphatic carbocycles. The topological polar surface area (TPSA) is 29.5 Å². The van der Waals surface area contributed by atoms with Gasteiger partial charge in [0.25, 0.3) is 0 Å². The van der Waals surface area contributed by atoms with E-state index in [1.165, 1.54) is 19.2 Å². The highest BCUT2D eigenvalue weighted by Gasteiger charge is 2.35. The molecule has 104 valence electrons. The second-order valence-electron chi connectivity index (χ2n) is 5.08. The first kappa shape index (κ1) is 14.5. The molecule has 19 heavy (non-hydrogen) atoms. The lowest BCUT2D eigenvalue weighted by molar-refractivity contribution is -0.146. The third-order valence-electron chi connectivity index (χ3n) is 3.52. The molecule has 0 bridgehead atoms. The van der Waals surface area contributed by atoms with Crippen LogP contribution in [0, 0.1) is 17.7 Å². The molecule has 0 aromatic heterocycles. The van der Waals surface area contributed by atoms with Crippen molar-refractivity contribution in [2.75, 3.05) is 20.2 Å². The van der Waals surface area contributed by atoms with Crippen molar-refractivity contribution in [2.45, 2.75) is 13.5 Å². The number of likely N-dealkylation sites (tertiary alicyclic amines) is 1. The Morgan fingerprint density at radius 1 is 1.47 bits per heavy atom. The number of rotatable bonds is 3. The van der Waals surface area contributed by atoms with Gasteiger partial charge in [0.05, 0.1) is 13.0 Å². The highest BCUT2D eigenvalue weighted by Crippen LogP contribution is 2.26. The van der Waals surface area contributed by atoms with Crippen LogP contribution in [0.25, 0.3) is 0 Å². The molecule has 1 aromatic rings. The molecule has 3 nitrogen and oxygen atoms in total. The van der Waals surface area contributed by atoms with E-state index in [9.17, 15) is 9.18 Å². The number of hydrogen-bond donors (Lipinski definition) is 0. The largest absolute Gasteiger partial charge is 0.469 e. The van der Waals surface area contributed by atoms with E-state index in [4.69, 9.17) is 4.74 Å². The lowest BCUT2D eigenvalue weighted by Gasteiger charge is -2.15. The van der Waals surface area contributed by atoms with Gasteiger partial charge in [-0.1, -0.05) is 22.9 Å². The first-order valence-electron chi connectivity index (χ1n) is 6.24. The van der Waals surface area contributed by atoms with Gasteiger partial charge in [0, 0.05) is 24.1 Å². The number of nitrogens with zero attached hydrogens (tertiary/aromatic N) is 1. The second-order valence-corrected chi connectivity index (χ2v) is 5.99. The lowest BCUT2D eigenvalue weighted by Crippen LogP contribution is -2.24. The van der Waals surface area contributed by atoms with Crippen molar-refractivity contribution in [3.8, 4) is 0 Å². The number of ether oxygens (including phenoxy) is 1. The Balaban J connectivity index is 2.03. The number of carbonyl (C=O) groups excluding carboxylic acids is 1. The monoisotopic (exact) mass is 329 g/mol.